The molecule has 0 radical (unpaired) electrons. The van der Waals surface area contributed by atoms with Crippen LogP contribution in [0.2, 0.25) is 0 Å². The van der Waals surface area contributed by atoms with Crippen molar-refractivity contribution in [2.75, 3.05) is 4.72 Å². The maximum Gasteiger partial charge on any atom is 0.271 e. The van der Waals surface area contributed by atoms with Crippen LogP contribution in [0.3, 0.4) is 0 Å². The van der Waals surface area contributed by atoms with Gasteiger partial charge in [0.2, 0.25) is 5.91 Å². The molecule has 3 aromatic rings. The van der Waals surface area contributed by atoms with E-state index in [9.17, 15) is 17.6 Å². The fraction of sp³-hybridized carbons (Fsp3) is 0.105. The lowest BCUT2D eigenvalue weighted by Crippen LogP contribution is -2.25. The van der Waals surface area contributed by atoms with Crippen LogP contribution >= 0.6 is 27.3 Å². The second-order valence-corrected chi connectivity index (χ2v) is 9.70. The third kappa shape index (κ3) is 5.40. The van der Waals surface area contributed by atoms with Crippen molar-refractivity contribution in [2.45, 2.75) is 17.2 Å². The smallest absolute Gasteiger partial charge is 0.271 e. The van der Waals surface area contributed by atoms with Gasteiger partial charge in [0.05, 0.1) is 6.42 Å². The molecule has 146 valence electrons. The van der Waals surface area contributed by atoms with Gasteiger partial charge in [-0.3, -0.25) is 9.52 Å². The molecule has 0 aliphatic carbocycles. The summed E-state index contributed by atoms with van der Waals surface area (Å²) in [6.45, 7) is 0.0861. The molecular weight excluding hydrogens is 467 g/mol. The van der Waals surface area contributed by atoms with Crippen LogP contribution in [0.5, 0.6) is 0 Å². The number of anilines is 1. The molecular formula is C19H16BrFN2O3S2. The first-order valence-electron chi connectivity index (χ1n) is 8.19. The topological polar surface area (TPSA) is 75.3 Å². The Bertz CT molecular complexity index is 1070. The first-order valence-corrected chi connectivity index (χ1v) is 11.3. The number of carbonyl (C=O) groups excluding carboxylic acids is 1. The molecule has 0 spiro atoms. The van der Waals surface area contributed by atoms with Crippen molar-refractivity contribution < 1.29 is 17.6 Å². The van der Waals surface area contributed by atoms with E-state index in [2.05, 4.69) is 26.0 Å². The molecule has 1 aromatic heterocycles. The number of halogens is 2. The molecule has 0 unspecified atom stereocenters. The molecule has 0 saturated carbocycles. The lowest BCUT2D eigenvalue weighted by Gasteiger charge is -2.09. The van der Waals surface area contributed by atoms with E-state index in [4.69, 9.17) is 0 Å². The molecule has 0 bridgehead atoms. The highest BCUT2D eigenvalue weighted by Gasteiger charge is 2.15. The zero-order valence-corrected chi connectivity index (χ0v) is 17.7. The Labute approximate surface area is 174 Å². The second kappa shape index (κ2) is 8.85. The van der Waals surface area contributed by atoms with Gasteiger partial charge in [0.25, 0.3) is 10.0 Å². The molecule has 1 amide bonds. The molecule has 2 N–H and O–H groups in total. The van der Waals surface area contributed by atoms with Crippen LogP contribution < -0.4 is 10.0 Å². The lowest BCUT2D eigenvalue weighted by molar-refractivity contribution is -0.120. The minimum atomic E-state index is -3.60. The number of rotatable bonds is 7. The minimum absolute atomic E-state index is 0.0861. The Morgan fingerprint density at radius 1 is 1.11 bits per heavy atom. The molecule has 2 aromatic carbocycles. The monoisotopic (exact) mass is 482 g/mol. The number of amides is 1. The number of hydrogen-bond donors (Lipinski definition) is 2. The van der Waals surface area contributed by atoms with Gasteiger partial charge in [-0.1, -0.05) is 34.1 Å². The molecule has 3 rings (SSSR count). The quantitative estimate of drug-likeness (QED) is 0.526. The Hall–Kier alpha value is -2.23. The van der Waals surface area contributed by atoms with Gasteiger partial charge < -0.3 is 5.32 Å². The van der Waals surface area contributed by atoms with Crippen LogP contribution in [-0.2, 0) is 27.8 Å². The van der Waals surface area contributed by atoms with Crippen LogP contribution in [0.15, 0.2) is 68.7 Å². The summed E-state index contributed by atoms with van der Waals surface area (Å²) in [6, 6.07) is 14.3. The predicted octanol–water partition coefficient (Wildman–Crippen LogP) is 4.31. The van der Waals surface area contributed by atoms with Crippen LogP contribution in [0.25, 0.3) is 0 Å². The standard InChI is InChI=1S/C19H16BrFN2O3S2/c20-15-5-8-17(21)14(11-15)12-22-18(24)10-13-3-6-16(7-4-13)23-28(25,26)19-2-1-9-27-19/h1-9,11,23H,10,12H2,(H,22,24). The maximum absolute atomic E-state index is 13.7. The summed E-state index contributed by atoms with van der Waals surface area (Å²) in [5, 5.41) is 4.37. The zero-order valence-electron chi connectivity index (χ0n) is 14.5. The Morgan fingerprint density at radius 3 is 2.54 bits per heavy atom. The van der Waals surface area contributed by atoms with Gasteiger partial charge in [0.1, 0.15) is 10.0 Å². The fourth-order valence-electron chi connectivity index (χ4n) is 2.43. The third-order valence-corrected chi connectivity index (χ3v) is 7.09. The largest absolute Gasteiger partial charge is 0.352 e. The predicted molar refractivity (Wildman–Crippen MR) is 111 cm³/mol. The molecule has 0 atom stereocenters. The van der Waals surface area contributed by atoms with Crippen LogP contribution in [-0.4, -0.2) is 14.3 Å². The summed E-state index contributed by atoms with van der Waals surface area (Å²) in [5.74, 6) is -0.642. The SMILES string of the molecule is O=C(Cc1ccc(NS(=O)(=O)c2cccs2)cc1)NCc1cc(Br)ccc1F. The first-order chi connectivity index (χ1) is 13.3. The number of carbonyl (C=O) groups is 1. The fourth-order valence-corrected chi connectivity index (χ4v) is 4.89. The van der Waals surface area contributed by atoms with Gasteiger partial charge in [-0.2, -0.15) is 0 Å². The van der Waals surface area contributed by atoms with Gasteiger partial charge in [0.15, 0.2) is 0 Å². The lowest BCUT2D eigenvalue weighted by atomic mass is 10.1. The van der Waals surface area contributed by atoms with E-state index in [-0.39, 0.29) is 28.9 Å². The summed E-state index contributed by atoms with van der Waals surface area (Å²) in [7, 11) is -3.60. The number of nitrogens with one attached hydrogen (secondary N) is 2. The van der Waals surface area contributed by atoms with Crippen molar-refractivity contribution in [3.05, 3.63) is 81.4 Å². The summed E-state index contributed by atoms with van der Waals surface area (Å²) >= 11 is 4.40. The number of benzene rings is 2. The zero-order chi connectivity index (χ0) is 20.1. The summed E-state index contributed by atoms with van der Waals surface area (Å²) in [4.78, 5) is 12.1. The van der Waals surface area contributed by atoms with Crippen molar-refractivity contribution >= 4 is 48.9 Å². The molecule has 28 heavy (non-hydrogen) atoms. The molecule has 0 aliphatic heterocycles. The Kier molecular flexibility index (Phi) is 6.48. The van der Waals surface area contributed by atoms with Crippen LogP contribution in [0.4, 0.5) is 10.1 Å². The van der Waals surface area contributed by atoms with Gasteiger partial charge in [0, 0.05) is 22.3 Å². The Morgan fingerprint density at radius 2 is 1.86 bits per heavy atom. The average molecular weight is 483 g/mol. The van der Waals surface area contributed by atoms with Crippen molar-refractivity contribution in [3.63, 3.8) is 0 Å². The third-order valence-electron chi connectivity index (χ3n) is 3.81. The average Bonchev–Trinajstić information content (AvgIpc) is 3.20. The van der Waals surface area contributed by atoms with E-state index < -0.39 is 10.0 Å². The number of sulfonamides is 1. The highest BCUT2D eigenvalue weighted by atomic mass is 79.9. The molecule has 5 nitrogen and oxygen atoms in total. The van der Waals surface area contributed by atoms with Gasteiger partial charge >= 0.3 is 0 Å². The van der Waals surface area contributed by atoms with E-state index in [0.29, 0.717) is 16.8 Å². The first kappa shape index (κ1) is 20.5. The highest BCUT2D eigenvalue weighted by Crippen LogP contribution is 2.20. The van der Waals surface area contributed by atoms with Gasteiger partial charge in [-0.25, -0.2) is 12.8 Å². The normalized spacial score (nSPS) is 11.2. The van der Waals surface area contributed by atoms with E-state index in [1.54, 1.807) is 47.8 Å². The second-order valence-electron chi connectivity index (χ2n) is 5.92. The van der Waals surface area contributed by atoms with Crippen LogP contribution in [0.1, 0.15) is 11.1 Å². The maximum atomic E-state index is 13.7. The summed E-state index contributed by atoms with van der Waals surface area (Å²) in [6.07, 6.45) is 0.105. The van der Waals surface area contributed by atoms with Crippen LogP contribution in [0, 0.1) is 5.82 Å². The number of hydrogen-bond acceptors (Lipinski definition) is 4. The summed E-state index contributed by atoms with van der Waals surface area (Å²) < 4.78 is 41.6. The van der Waals surface area contributed by atoms with Gasteiger partial charge in [-0.15, -0.1) is 11.3 Å². The molecule has 0 aliphatic rings. The highest BCUT2D eigenvalue weighted by molar-refractivity contribution is 9.10. The van der Waals surface area contributed by atoms with E-state index in [1.807, 2.05) is 0 Å². The van der Waals surface area contributed by atoms with Crippen molar-refractivity contribution in [1.29, 1.82) is 0 Å². The van der Waals surface area contributed by atoms with E-state index >= 15 is 0 Å². The van der Waals surface area contributed by atoms with E-state index in [1.165, 1.54) is 12.1 Å². The molecule has 9 heteroatoms. The molecule has 0 fully saturated rings. The van der Waals surface area contributed by atoms with E-state index in [0.717, 1.165) is 15.8 Å². The van der Waals surface area contributed by atoms with Crippen molar-refractivity contribution in [2.24, 2.45) is 0 Å². The van der Waals surface area contributed by atoms with Crippen molar-refractivity contribution in [3.8, 4) is 0 Å². The molecule has 1 heterocycles. The molecule has 0 saturated heterocycles. The Balaban J connectivity index is 1.56. The summed E-state index contributed by atoms with van der Waals surface area (Å²) in [5.41, 5.74) is 1.51. The van der Waals surface area contributed by atoms with Gasteiger partial charge in [-0.05, 0) is 47.3 Å². The number of thiophene rings is 1. The van der Waals surface area contributed by atoms with Crippen molar-refractivity contribution in [1.82, 2.24) is 5.32 Å². The minimum Gasteiger partial charge on any atom is -0.352 e.